The van der Waals surface area contributed by atoms with Crippen LogP contribution in [0.15, 0.2) is 0 Å². The van der Waals surface area contributed by atoms with Crippen LogP contribution in [0.5, 0.6) is 0 Å². The molecule has 60 valence electrons. The molecule has 0 amide bonds. The topological polar surface area (TPSA) is 38.0 Å². The molecule has 1 heterocycles. The van der Waals surface area contributed by atoms with Gasteiger partial charge < -0.3 is 11.1 Å². The third kappa shape index (κ3) is 2.15. The fraction of sp³-hybridized carbons (Fsp3) is 1.00. The number of hydrogen-bond donors (Lipinski definition) is 2. The zero-order chi connectivity index (χ0) is 7.61. The fourth-order valence-electron chi connectivity index (χ4n) is 1.20. The summed E-state index contributed by atoms with van der Waals surface area (Å²) in [5, 5.41) is 3.99. The van der Waals surface area contributed by atoms with E-state index in [1.165, 1.54) is 0 Å². The lowest BCUT2D eigenvalue weighted by molar-refractivity contribution is 0.551. The number of nitrogens with two attached hydrogens (primary N) is 1. The van der Waals surface area contributed by atoms with E-state index in [1.54, 1.807) is 0 Å². The van der Waals surface area contributed by atoms with Crippen LogP contribution in [0.4, 0.5) is 0 Å². The molecule has 0 radical (unpaired) electrons. The van der Waals surface area contributed by atoms with Crippen LogP contribution in [0.25, 0.3) is 0 Å². The standard InChI is InChI=1S/C7H16N2S/c1-7(2)5-9-4-6(3-8)10-7/h6,9H,3-5,8H2,1-2H3/t6-/m0/s1. The van der Waals surface area contributed by atoms with Crippen LogP contribution in [0, 0.1) is 0 Å². The smallest absolute Gasteiger partial charge is 0.0300 e. The maximum absolute atomic E-state index is 5.56. The summed E-state index contributed by atoms with van der Waals surface area (Å²) in [6.07, 6.45) is 0. The van der Waals surface area contributed by atoms with Gasteiger partial charge in [-0.1, -0.05) is 0 Å². The van der Waals surface area contributed by atoms with E-state index in [4.69, 9.17) is 5.73 Å². The second-order valence-electron chi connectivity index (χ2n) is 3.37. The third-order valence-corrected chi connectivity index (χ3v) is 3.15. The predicted octanol–water partition coefficient (Wildman–Crippen LogP) is 0.429. The quantitative estimate of drug-likeness (QED) is 0.584. The zero-order valence-electron chi connectivity index (χ0n) is 6.68. The van der Waals surface area contributed by atoms with Gasteiger partial charge in [0.1, 0.15) is 0 Å². The van der Waals surface area contributed by atoms with Gasteiger partial charge in [0.15, 0.2) is 0 Å². The molecule has 1 aliphatic heterocycles. The van der Waals surface area contributed by atoms with Gasteiger partial charge in [0.05, 0.1) is 0 Å². The second kappa shape index (κ2) is 3.11. The molecule has 0 spiro atoms. The molecule has 0 unspecified atom stereocenters. The lowest BCUT2D eigenvalue weighted by Gasteiger charge is -2.34. The average Bonchev–Trinajstić information content (AvgIpc) is 1.86. The van der Waals surface area contributed by atoms with Gasteiger partial charge >= 0.3 is 0 Å². The minimum Gasteiger partial charge on any atom is -0.329 e. The molecule has 1 aliphatic rings. The molecule has 1 atom stereocenters. The molecular weight excluding hydrogens is 144 g/mol. The van der Waals surface area contributed by atoms with Crippen molar-refractivity contribution in [3.05, 3.63) is 0 Å². The Kier molecular flexibility index (Phi) is 2.61. The number of thioether (sulfide) groups is 1. The van der Waals surface area contributed by atoms with E-state index in [1.807, 2.05) is 11.8 Å². The van der Waals surface area contributed by atoms with Crippen LogP contribution in [0.1, 0.15) is 13.8 Å². The molecule has 0 aromatic carbocycles. The molecule has 10 heavy (non-hydrogen) atoms. The van der Waals surface area contributed by atoms with Gasteiger partial charge in [-0.25, -0.2) is 0 Å². The van der Waals surface area contributed by atoms with Crippen molar-refractivity contribution in [2.24, 2.45) is 5.73 Å². The van der Waals surface area contributed by atoms with Gasteiger partial charge in [0.25, 0.3) is 0 Å². The maximum Gasteiger partial charge on any atom is 0.0300 e. The predicted molar refractivity (Wildman–Crippen MR) is 47.4 cm³/mol. The fourth-order valence-corrected chi connectivity index (χ4v) is 2.59. The lowest BCUT2D eigenvalue weighted by atomic mass is 10.2. The minimum atomic E-state index is 0.377. The van der Waals surface area contributed by atoms with Crippen LogP contribution in [0.3, 0.4) is 0 Å². The Bertz CT molecular complexity index is 114. The monoisotopic (exact) mass is 160 g/mol. The van der Waals surface area contributed by atoms with Crippen LogP contribution in [0.2, 0.25) is 0 Å². The van der Waals surface area contributed by atoms with Crippen LogP contribution < -0.4 is 11.1 Å². The van der Waals surface area contributed by atoms with E-state index in [0.717, 1.165) is 19.6 Å². The van der Waals surface area contributed by atoms with Crippen molar-refractivity contribution in [2.45, 2.75) is 23.8 Å². The van der Waals surface area contributed by atoms with E-state index in [-0.39, 0.29) is 0 Å². The minimum absolute atomic E-state index is 0.377. The summed E-state index contributed by atoms with van der Waals surface area (Å²) in [5.41, 5.74) is 5.56. The molecular formula is C7H16N2S. The Labute approximate surface area is 66.9 Å². The van der Waals surface area contributed by atoms with E-state index >= 15 is 0 Å². The summed E-state index contributed by atoms with van der Waals surface area (Å²) in [5.74, 6) is 0. The van der Waals surface area contributed by atoms with Crippen LogP contribution >= 0.6 is 11.8 Å². The highest BCUT2D eigenvalue weighted by Crippen LogP contribution is 2.30. The molecule has 0 bridgehead atoms. The Balaban J connectivity index is 2.40. The van der Waals surface area contributed by atoms with Gasteiger partial charge in [0, 0.05) is 29.6 Å². The largest absolute Gasteiger partial charge is 0.329 e. The highest BCUT2D eigenvalue weighted by atomic mass is 32.2. The molecule has 2 nitrogen and oxygen atoms in total. The molecule has 0 saturated carbocycles. The van der Waals surface area contributed by atoms with E-state index in [9.17, 15) is 0 Å². The number of rotatable bonds is 1. The van der Waals surface area contributed by atoms with Gasteiger partial charge in [-0.2, -0.15) is 0 Å². The lowest BCUT2D eigenvalue weighted by Crippen LogP contribution is -2.46. The normalized spacial score (nSPS) is 32.1. The zero-order valence-corrected chi connectivity index (χ0v) is 7.50. The van der Waals surface area contributed by atoms with Crippen molar-refractivity contribution in [2.75, 3.05) is 19.6 Å². The summed E-state index contributed by atoms with van der Waals surface area (Å²) >= 11 is 2.00. The second-order valence-corrected chi connectivity index (χ2v) is 5.37. The highest BCUT2D eigenvalue weighted by molar-refractivity contribution is 8.01. The Hall–Kier alpha value is 0.270. The molecule has 0 aromatic rings. The first-order chi connectivity index (χ1) is 4.64. The Morgan fingerprint density at radius 1 is 1.70 bits per heavy atom. The molecule has 3 N–H and O–H groups in total. The summed E-state index contributed by atoms with van der Waals surface area (Å²) in [6.45, 7) is 7.48. The van der Waals surface area contributed by atoms with Crippen LogP contribution in [-0.4, -0.2) is 29.6 Å². The van der Waals surface area contributed by atoms with Gasteiger partial charge in [-0.3, -0.25) is 0 Å². The molecule has 0 aromatic heterocycles. The van der Waals surface area contributed by atoms with Crippen molar-refractivity contribution in [1.29, 1.82) is 0 Å². The summed E-state index contributed by atoms with van der Waals surface area (Å²) in [6, 6.07) is 0. The summed E-state index contributed by atoms with van der Waals surface area (Å²) in [4.78, 5) is 0. The molecule has 1 rings (SSSR count). The SMILES string of the molecule is CC1(C)CNC[C@H](CN)S1. The first kappa shape index (κ1) is 8.37. The first-order valence-corrected chi connectivity index (χ1v) is 4.60. The van der Waals surface area contributed by atoms with Gasteiger partial charge in [-0.05, 0) is 13.8 Å². The number of hydrogen-bond acceptors (Lipinski definition) is 3. The molecule has 0 aliphatic carbocycles. The maximum atomic E-state index is 5.56. The van der Waals surface area contributed by atoms with Crippen molar-refractivity contribution in [1.82, 2.24) is 5.32 Å². The summed E-state index contributed by atoms with van der Waals surface area (Å²) in [7, 11) is 0. The average molecular weight is 160 g/mol. The van der Waals surface area contributed by atoms with Crippen molar-refractivity contribution >= 4 is 11.8 Å². The van der Waals surface area contributed by atoms with E-state index < -0.39 is 0 Å². The van der Waals surface area contributed by atoms with Crippen molar-refractivity contribution in [3.63, 3.8) is 0 Å². The Morgan fingerprint density at radius 3 is 2.80 bits per heavy atom. The highest BCUT2D eigenvalue weighted by Gasteiger charge is 2.27. The first-order valence-electron chi connectivity index (χ1n) is 3.73. The Morgan fingerprint density at radius 2 is 2.40 bits per heavy atom. The van der Waals surface area contributed by atoms with Crippen molar-refractivity contribution < 1.29 is 0 Å². The molecule has 1 saturated heterocycles. The van der Waals surface area contributed by atoms with Crippen LogP contribution in [-0.2, 0) is 0 Å². The molecule has 1 fully saturated rings. The molecule has 3 heteroatoms. The van der Waals surface area contributed by atoms with Gasteiger partial charge in [-0.15, -0.1) is 11.8 Å². The number of nitrogens with one attached hydrogen (secondary N) is 1. The van der Waals surface area contributed by atoms with Crippen molar-refractivity contribution in [3.8, 4) is 0 Å². The summed E-state index contributed by atoms with van der Waals surface area (Å²) < 4.78 is 0.377. The van der Waals surface area contributed by atoms with Gasteiger partial charge in [0.2, 0.25) is 0 Å². The third-order valence-electron chi connectivity index (χ3n) is 1.67. The van der Waals surface area contributed by atoms with E-state index in [0.29, 0.717) is 10.00 Å². The van der Waals surface area contributed by atoms with E-state index in [2.05, 4.69) is 19.2 Å².